The number of ether oxygens (including phenoxy) is 1. The molecule has 5 nitrogen and oxygen atoms in total. The highest BCUT2D eigenvalue weighted by atomic mass is 16.5. The van der Waals surface area contributed by atoms with E-state index in [4.69, 9.17) is 4.74 Å². The van der Waals surface area contributed by atoms with Crippen LogP contribution in [0.5, 0.6) is 5.75 Å². The second-order valence-electron chi connectivity index (χ2n) is 7.85. The zero-order valence-corrected chi connectivity index (χ0v) is 17.9. The molecule has 5 heteroatoms. The number of fused-ring (bicyclic) bond motifs is 3. The Kier molecular flexibility index (Phi) is 5.04. The zero-order valence-electron chi connectivity index (χ0n) is 17.9. The molecule has 0 radical (unpaired) electrons. The summed E-state index contributed by atoms with van der Waals surface area (Å²) in [5.74, 6) is -0.366. The Morgan fingerprint density at radius 2 is 1.70 bits per heavy atom. The topological polar surface area (TPSA) is 75.2 Å². The van der Waals surface area contributed by atoms with Crippen LogP contribution in [0.2, 0.25) is 0 Å². The molecule has 0 spiro atoms. The number of nitrogens with zero attached hydrogens (tertiary/aromatic N) is 2. The van der Waals surface area contributed by atoms with E-state index in [1.165, 1.54) is 7.11 Å². The van der Waals surface area contributed by atoms with E-state index >= 15 is 0 Å². The molecule has 4 aromatic carbocycles. The summed E-state index contributed by atoms with van der Waals surface area (Å²) < 4.78 is 7.09. The van der Waals surface area contributed by atoms with Gasteiger partial charge >= 0.3 is 5.97 Å². The van der Waals surface area contributed by atoms with Gasteiger partial charge in [-0.1, -0.05) is 48.5 Å². The number of carbonyl (C=O) groups excluding carboxylic acids is 1. The lowest BCUT2D eigenvalue weighted by Gasteiger charge is -2.10. The maximum Gasteiger partial charge on any atom is 0.338 e. The summed E-state index contributed by atoms with van der Waals surface area (Å²) in [6.07, 6.45) is 0. The molecule has 1 aromatic heterocycles. The number of benzene rings is 4. The molecule has 1 N–H and O–H groups in total. The van der Waals surface area contributed by atoms with Gasteiger partial charge in [0, 0.05) is 11.9 Å². The van der Waals surface area contributed by atoms with Gasteiger partial charge < -0.3 is 14.4 Å². The van der Waals surface area contributed by atoms with Gasteiger partial charge in [-0.05, 0) is 53.1 Å². The van der Waals surface area contributed by atoms with Gasteiger partial charge in [0.1, 0.15) is 5.75 Å². The summed E-state index contributed by atoms with van der Waals surface area (Å²) in [6.45, 7) is 0.470. The summed E-state index contributed by atoms with van der Waals surface area (Å²) in [6, 6.07) is 28.7. The summed E-state index contributed by atoms with van der Waals surface area (Å²) in [7, 11) is 1.35. The molecule has 1 heterocycles. The lowest BCUT2D eigenvalue weighted by Crippen LogP contribution is -2.03. The van der Waals surface area contributed by atoms with Crippen LogP contribution in [0.3, 0.4) is 0 Å². The number of aromatic hydroxyl groups is 1. The molecular weight excluding hydrogens is 412 g/mol. The first-order valence-electron chi connectivity index (χ1n) is 10.5. The van der Waals surface area contributed by atoms with Gasteiger partial charge in [0.25, 0.3) is 0 Å². The third kappa shape index (κ3) is 3.48. The summed E-state index contributed by atoms with van der Waals surface area (Å²) in [5, 5.41) is 21.7. The predicted octanol–water partition coefficient (Wildman–Crippen LogP) is 5.87. The smallest absolute Gasteiger partial charge is 0.338 e. The molecular formula is C28H20N2O3. The van der Waals surface area contributed by atoms with Crippen molar-refractivity contribution in [2.24, 2.45) is 0 Å². The lowest BCUT2D eigenvalue weighted by molar-refractivity contribution is 0.0603. The van der Waals surface area contributed by atoms with Gasteiger partial charge in [0.15, 0.2) is 0 Å². The van der Waals surface area contributed by atoms with Crippen molar-refractivity contribution in [3.8, 4) is 22.9 Å². The highest BCUT2D eigenvalue weighted by Gasteiger charge is 2.21. The molecule has 0 saturated heterocycles. The van der Waals surface area contributed by atoms with Crippen molar-refractivity contribution in [1.29, 1.82) is 5.26 Å². The van der Waals surface area contributed by atoms with Crippen molar-refractivity contribution in [3.63, 3.8) is 0 Å². The molecule has 0 aliphatic carbocycles. The number of carbonyl (C=O) groups is 1. The second-order valence-corrected chi connectivity index (χ2v) is 7.85. The van der Waals surface area contributed by atoms with E-state index in [0.29, 0.717) is 28.4 Å². The van der Waals surface area contributed by atoms with Gasteiger partial charge in [-0.3, -0.25) is 0 Å². The average molecular weight is 432 g/mol. The quantitative estimate of drug-likeness (QED) is 0.360. The first-order chi connectivity index (χ1) is 16.1. The normalized spacial score (nSPS) is 10.9. The third-order valence-electron chi connectivity index (χ3n) is 5.88. The molecule has 0 fully saturated rings. The van der Waals surface area contributed by atoms with Gasteiger partial charge in [-0.25, -0.2) is 4.79 Å². The number of rotatable bonds is 4. The summed E-state index contributed by atoms with van der Waals surface area (Å²) in [4.78, 5) is 12.6. The first kappa shape index (κ1) is 20.3. The molecule has 0 amide bonds. The molecule has 5 aromatic rings. The Hall–Kier alpha value is -4.56. The van der Waals surface area contributed by atoms with E-state index in [1.54, 1.807) is 18.2 Å². The van der Waals surface area contributed by atoms with Crippen LogP contribution in [0, 0.1) is 11.3 Å². The molecule has 160 valence electrons. The number of hydrogen-bond donors (Lipinski definition) is 1. The minimum atomic E-state index is -0.460. The minimum Gasteiger partial charge on any atom is -0.507 e. The Morgan fingerprint density at radius 1 is 0.909 bits per heavy atom. The number of methoxy groups -OCH3 is 1. The van der Waals surface area contributed by atoms with E-state index in [2.05, 4.69) is 10.6 Å². The Bertz CT molecular complexity index is 1560. The van der Waals surface area contributed by atoms with Crippen molar-refractivity contribution in [3.05, 3.63) is 102 Å². The summed E-state index contributed by atoms with van der Waals surface area (Å²) >= 11 is 0. The fourth-order valence-electron chi connectivity index (χ4n) is 4.41. The lowest BCUT2D eigenvalue weighted by atomic mass is 10.0. The summed E-state index contributed by atoms with van der Waals surface area (Å²) in [5.41, 5.74) is 5.36. The maximum absolute atomic E-state index is 12.6. The van der Waals surface area contributed by atoms with E-state index < -0.39 is 5.97 Å². The van der Waals surface area contributed by atoms with Crippen molar-refractivity contribution in [1.82, 2.24) is 4.57 Å². The van der Waals surface area contributed by atoms with Crippen molar-refractivity contribution in [2.45, 2.75) is 6.54 Å². The largest absolute Gasteiger partial charge is 0.507 e. The molecule has 0 aliphatic heterocycles. The molecule has 0 saturated carbocycles. The van der Waals surface area contributed by atoms with E-state index in [0.717, 1.165) is 27.7 Å². The number of aromatic nitrogens is 1. The molecule has 5 rings (SSSR count). The van der Waals surface area contributed by atoms with Crippen LogP contribution in [0.4, 0.5) is 0 Å². The first-order valence-corrected chi connectivity index (χ1v) is 10.5. The SMILES string of the molecule is COC(=O)c1cccc2c1c1c(O)cc(-c3ccccc3)cc1n2Cc1cccc(C#N)c1. The zero-order chi connectivity index (χ0) is 22.9. The fourth-order valence-corrected chi connectivity index (χ4v) is 4.41. The van der Waals surface area contributed by atoms with Crippen molar-refractivity contribution < 1.29 is 14.6 Å². The predicted molar refractivity (Wildman–Crippen MR) is 128 cm³/mol. The van der Waals surface area contributed by atoms with Gasteiger partial charge in [-0.2, -0.15) is 5.26 Å². The van der Waals surface area contributed by atoms with Crippen LogP contribution in [-0.4, -0.2) is 22.8 Å². The molecule has 33 heavy (non-hydrogen) atoms. The molecule has 0 bridgehead atoms. The second kappa shape index (κ2) is 8.18. The average Bonchev–Trinajstić information content (AvgIpc) is 3.18. The van der Waals surface area contributed by atoms with E-state index in [-0.39, 0.29) is 5.75 Å². The number of nitriles is 1. The van der Waals surface area contributed by atoms with Crippen molar-refractivity contribution >= 4 is 27.8 Å². The van der Waals surface area contributed by atoms with Crippen LogP contribution in [0.15, 0.2) is 84.9 Å². The Morgan fingerprint density at radius 3 is 2.45 bits per heavy atom. The van der Waals surface area contributed by atoms with E-state index in [1.807, 2.05) is 66.7 Å². The van der Waals surface area contributed by atoms with Crippen molar-refractivity contribution in [2.75, 3.05) is 7.11 Å². The molecule has 0 aliphatic rings. The van der Waals surface area contributed by atoms with Crippen LogP contribution >= 0.6 is 0 Å². The van der Waals surface area contributed by atoms with Crippen LogP contribution in [-0.2, 0) is 11.3 Å². The standard InChI is InChI=1S/C28H20N2O3/c1-33-28(32)22-11-6-12-23-26(22)27-24(30(23)17-19-8-5-7-18(13-19)16-29)14-21(15-25(27)31)20-9-3-2-4-10-20/h2-15,31H,17H2,1H3. The monoisotopic (exact) mass is 432 g/mol. The van der Waals surface area contributed by atoms with E-state index in [9.17, 15) is 15.2 Å². The third-order valence-corrected chi connectivity index (χ3v) is 5.88. The van der Waals surface area contributed by atoms with Crippen LogP contribution < -0.4 is 0 Å². The number of phenolic OH excluding ortho intramolecular Hbond substituents is 1. The number of hydrogen-bond acceptors (Lipinski definition) is 4. The van der Waals surface area contributed by atoms with Crippen LogP contribution in [0.1, 0.15) is 21.5 Å². The van der Waals surface area contributed by atoms with Gasteiger partial charge in [-0.15, -0.1) is 0 Å². The Labute approximate surface area is 190 Å². The van der Waals surface area contributed by atoms with Gasteiger partial charge in [0.2, 0.25) is 0 Å². The highest BCUT2D eigenvalue weighted by Crippen LogP contribution is 2.40. The maximum atomic E-state index is 12.6. The minimum absolute atomic E-state index is 0.0947. The fraction of sp³-hybridized carbons (Fsp3) is 0.0714. The molecule has 0 unspecified atom stereocenters. The van der Waals surface area contributed by atoms with Crippen LogP contribution in [0.25, 0.3) is 32.9 Å². The number of esters is 1. The number of phenols is 1. The highest BCUT2D eigenvalue weighted by molar-refractivity contribution is 6.19. The molecule has 0 atom stereocenters. The Balaban J connectivity index is 1.85. The van der Waals surface area contributed by atoms with Gasteiger partial charge in [0.05, 0.1) is 40.7 Å².